The number of hydrogen-bond donors (Lipinski definition) is 2. The third-order valence-electron chi connectivity index (χ3n) is 4.00. The molecular weight excluding hydrogens is 465 g/mol. The van der Waals surface area contributed by atoms with Gasteiger partial charge in [0.15, 0.2) is 15.6 Å². The molecule has 1 saturated heterocycles. The summed E-state index contributed by atoms with van der Waals surface area (Å²) in [4.78, 5) is 23.0. The number of Topliss-reactive ketones (excluding diaryl/α,β-unsaturated/α-hetero) is 1. The lowest BCUT2D eigenvalue weighted by Gasteiger charge is -2.22. The van der Waals surface area contributed by atoms with Crippen molar-refractivity contribution in [1.82, 2.24) is 4.72 Å². The first-order valence-electron chi connectivity index (χ1n) is 7.32. The van der Waals surface area contributed by atoms with E-state index in [1.54, 1.807) is 0 Å². The van der Waals surface area contributed by atoms with Gasteiger partial charge < -0.3 is 5.11 Å². The molecule has 1 aromatic carbocycles. The summed E-state index contributed by atoms with van der Waals surface area (Å²) in [5.41, 5.74) is -0.0356. The van der Waals surface area contributed by atoms with Gasteiger partial charge in [-0.05, 0) is 24.6 Å². The fourth-order valence-corrected chi connectivity index (χ4v) is 6.72. The van der Waals surface area contributed by atoms with Crippen LogP contribution < -0.4 is 4.72 Å². The predicted molar refractivity (Wildman–Crippen MR) is 99.7 cm³/mol. The minimum Gasteiger partial charge on any atom is -0.478 e. The van der Waals surface area contributed by atoms with Crippen LogP contribution in [0, 0.1) is 12.8 Å². The number of alkyl halides is 3. The monoisotopic (exact) mass is 477 g/mol. The Hall–Kier alpha value is -0.910. The summed E-state index contributed by atoms with van der Waals surface area (Å²) in [6.07, 6.45) is 0. The Kier molecular flexibility index (Phi) is 6.21. The number of sulfonamides is 1. The number of rotatable bonds is 5. The molecule has 0 bridgehead atoms. The van der Waals surface area contributed by atoms with Crippen LogP contribution in [0.2, 0.25) is 0 Å². The SMILES string of the molecule is Cc1ccc(C(=O)O)cc1S(=O)(=O)N[C@H]1CS(=O)(=O)C[C@H]1C(=O)C(Cl)(Cl)Cl. The quantitative estimate of drug-likeness (QED) is 0.609. The molecule has 1 aliphatic heterocycles. The number of sulfone groups is 1. The summed E-state index contributed by atoms with van der Waals surface area (Å²) in [5, 5.41) is 9.04. The molecule has 0 aliphatic carbocycles. The Morgan fingerprint density at radius 2 is 1.81 bits per heavy atom. The third kappa shape index (κ3) is 5.12. The van der Waals surface area contributed by atoms with Gasteiger partial charge in [0, 0.05) is 6.04 Å². The molecule has 1 aromatic rings. The summed E-state index contributed by atoms with van der Waals surface area (Å²) in [6, 6.07) is 2.12. The van der Waals surface area contributed by atoms with Crippen LogP contribution in [0.3, 0.4) is 0 Å². The number of nitrogens with one attached hydrogen (secondary N) is 1. The molecule has 1 aliphatic rings. The molecule has 0 radical (unpaired) electrons. The van der Waals surface area contributed by atoms with E-state index in [4.69, 9.17) is 39.9 Å². The van der Waals surface area contributed by atoms with E-state index in [9.17, 15) is 26.4 Å². The minimum atomic E-state index is -4.35. The summed E-state index contributed by atoms with van der Waals surface area (Å²) < 4.78 is 49.0. The lowest BCUT2D eigenvalue weighted by Crippen LogP contribution is -2.45. The van der Waals surface area contributed by atoms with E-state index in [1.165, 1.54) is 19.1 Å². The Bertz CT molecular complexity index is 1000. The van der Waals surface area contributed by atoms with E-state index in [0.29, 0.717) is 0 Å². The maximum Gasteiger partial charge on any atom is 0.335 e. The highest BCUT2D eigenvalue weighted by Crippen LogP contribution is 2.35. The molecule has 8 nitrogen and oxygen atoms in total. The van der Waals surface area contributed by atoms with E-state index in [1.807, 2.05) is 0 Å². The van der Waals surface area contributed by atoms with Crippen molar-refractivity contribution >= 4 is 66.4 Å². The summed E-state index contributed by atoms with van der Waals surface area (Å²) in [7, 11) is -8.11. The largest absolute Gasteiger partial charge is 0.478 e. The van der Waals surface area contributed by atoms with Crippen LogP contribution in [0.15, 0.2) is 23.1 Å². The average molecular weight is 479 g/mol. The second-order valence-electron chi connectivity index (χ2n) is 6.06. The molecule has 0 spiro atoms. The second-order valence-corrected chi connectivity index (χ2v) is 12.2. The molecule has 2 N–H and O–H groups in total. The molecule has 2 atom stereocenters. The molecule has 1 heterocycles. The molecule has 1 fully saturated rings. The van der Waals surface area contributed by atoms with Gasteiger partial charge in [-0.2, -0.15) is 0 Å². The number of hydrogen-bond acceptors (Lipinski definition) is 6. The molecule has 13 heteroatoms. The van der Waals surface area contributed by atoms with Crippen molar-refractivity contribution < 1.29 is 31.5 Å². The first kappa shape index (κ1) is 22.4. The molecular formula is C14H14Cl3NO7S2. The van der Waals surface area contributed by atoms with Gasteiger partial charge in [-0.25, -0.2) is 26.4 Å². The van der Waals surface area contributed by atoms with Crippen LogP contribution in [-0.4, -0.2) is 55.0 Å². The standard InChI is InChI=1S/C14H14Cl3NO7S2/c1-7-2-3-8(13(20)21)4-11(7)27(24,25)18-10-6-26(22,23)5-9(10)12(19)14(15,16)17/h2-4,9-10,18H,5-6H2,1H3,(H,20,21)/t9-,10+/m1/s1. The van der Waals surface area contributed by atoms with Crippen LogP contribution in [0.1, 0.15) is 15.9 Å². The van der Waals surface area contributed by atoms with Crippen LogP contribution in [0.25, 0.3) is 0 Å². The van der Waals surface area contributed by atoms with Crippen molar-refractivity contribution in [3.8, 4) is 0 Å². The lowest BCUT2D eigenvalue weighted by atomic mass is 10.0. The number of halogens is 3. The van der Waals surface area contributed by atoms with E-state index in [2.05, 4.69) is 4.72 Å². The molecule has 27 heavy (non-hydrogen) atoms. The molecule has 0 amide bonds. The van der Waals surface area contributed by atoms with Crippen molar-refractivity contribution in [2.75, 3.05) is 11.5 Å². The summed E-state index contributed by atoms with van der Waals surface area (Å²) in [6.45, 7) is 1.44. The zero-order valence-electron chi connectivity index (χ0n) is 13.6. The van der Waals surface area contributed by atoms with E-state index in [0.717, 1.165) is 6.07 Å². The molecule has 0 unspecified atom stereocenters. The molecule has 0 saturated carbocycles. The number of aromatic carboxylic acids is 1. The highest BCUT2D eigenvalue weighted by atomic mass is 35.6. The normalized spacial score (nSPS) is 22.5. The maximum atomic E-state index is 12.7. The summed E-state index contributed by atoms with van der Waals surface area (Å²) >= 11 is 16.6. The number of carboxylic acid groups (broad SMARTS) is 1. The Labute approximate surface area is 170 Å². The highest BCUT2D eigenvalue weighted by molar-refractivity contribution is 7.92. The lowest BCUT2D eigenvalue weighted by molar-refractivity contribution is -0.121. The van der Waals surface area contributed by atoms with Crippen LogP contribution >= 0.6 is 34.8 Å². The van der Waals surface area contributed by atoms with Crippen molar-refractivity contribution in [1.29, 1.82) is 0 Å². The maximum absolute atomic E-state index is 12.7. The Balaban J connectivity index is 2.42. The molecule has 2 rings (SSSR count). The number of carbonyl (C=O) groups is 2. The van der Waals surface area contributed by atoms with Gasteiger partial charge in [0.25, 0.3) is 0 Å². The number of benzene rings is 1. The number of carbonyl (C=O) groups excluding carboxylic acids is 1. The Morgan fingerprint density at radius 3 is 2.33 bits per heavy atom. The van der Waals surface area contributed by atoms with Crippen molar-refractivity contribution in [3.63, 3.8) is 0 Å². The zero-order chi connectivity index (χ0) is 20.8. The fourth-order valence-electron chi connectivity index (χ4n) is 2.72. The third-order valence-corrected chi connectivity index (χ3v) is 7.92. The topological polar surface area (TPSA) is 135 Å². The molecule has 150 valence electrons. The fraction of sp³-hybridized carbons (Fsp3) is 0.429. The average Bonchev–Trinajstić information content (AvgIpc) is 2.79. The number of aryl methyl sites for hydroxylation is 1. The Morgan fingerprint density at radius 1 is 1.22 bits per heavy atom. The smallest absolute Gasteiger partial charge is 0.335 e. The van der Waals surface area contributed by atoms with Crippen LogP contribution in [0.5, 0.6) is 0 Å². The van der Waals surface area contributed by atoms with Gasteiger partial charge in [0.2, 0.25) is 13.8 Å². The number of ketones is 1. The zero-order valence-corrected chi connectivity index (χ0v) is 17.5. The molecule has 0 aromatic heterocycles. The van der Waals surface area contributed by atoms with E-state index in [-0.39, 0.29) is 16.0 Å². The number of carboxylic acids is 1. The predicted octanol–water partition coefficient (Wildman–Crippen LogP) is 1.32. The second kappa shape index (κ2) is 7.49. The van der Waals surface area contributed by atoms with Gasteiger partial charge in [-0.1, -0.05) is 40.9 Å². The van der Waals surface area contributed by atoms with Crippen molar-refractivity contribution in [2.45, 2.75) is 21.7 Å². The van der Waals surface area contributed by atoms with Crippen molar-refractivity contribution in [2.24, 2.45) is 5.92 Å². The van der Waals surface area contributed by atoms with Gasteiger partial charge in [-0.3, -0.25) is 4.79 Å². The minimum absolute atomic E-state index is 0.234. The van der Waals surface area contributed by atoms with Crippen LogP contribution in [-0.2, 0) is 24.7 Å². The van der Waals surface area contributed by atoms with Crippen LogP contribution in [0.4, 0.5) is 0 Å². The van der Waals surface area contributed by atoms with E-state index < -0.39 is 58.9 Å². The van der Waals surface area contributed by atoms with E-state index >= 15 is 0 Å². The van der Waals surface area contributed by atoms with Crippen molar-refractivity contribution in [3.05, 3.63) is 29.3 Å². The van der Waals surface area contributed by atoms with Gasteiger partial charge >= 0.3 is 5.97 Å². The van der Waals surface area contributed by atoms with Gasteiger partial charge in [0.1, 0.15) is 0 Å². The van der Waals surface area contributed by atoms with Gasteiger partial charge in [-0.15, -0.1) is 0 Å². The summed E-state index contributed by atoms with van der Waals surface area (Å²) in [5.74, 6) is -5.08. The first-order chi connectivity index (χ1) is 12.1. The first-order valence-corrected chi connectivity index (χ1v) is 11.8. The van der Waals surface area contributed by atoms with Gasteiger partial charge in [0.05, 0.1) is 27.9 Å². The highest BCUT2D eigenvalue weighted by Gasteiger charge is 2.49.